The molecule has 0 saturated carbocycles. The Balaban J connectivity index is 2.25. The molecule has 24 heavy (non-hydrogen) atoms. The van der Waals surface area contributed by atoms with Gasteiger partial charge in [0.2, 0.25) is 0 Å². The van der Waals surface area contributed by atoms with Gasteiger partial charge in [-0.15, -0.1) is 0 Å². The number of aliphatic hydroxyl groups is 1. The van der Waals surface area contributed by atoms with Crippen LogP contribution in [0.4, 0.5) is 0 Å². The molecule has 0 fully saturated rings. The van der Waals surface area contributed by atoms with Crippen LogP contribution in [0, 0.1) is 0 Å². The van der Waals surface area contributed by atoms with E-state index in [0.29, 0.717) is 23.5 Å². The minimum Gasteiger partial charge on any atom is -0.497 e. The van der Waals surface area contributed by atoms with Crippen LogP contribution < -0.4 is 9.47 Å². The highest BCUT2D eigenvalue weighted by molar-refractivity contribution is 9.10. The highest BCUT2D eigenvalue weighted by atomic mass is 79.9. The van der Waals surface area contributed by atoms with E-state index in [1.165, 1.54) is 13.2 Å². The third kappa shape index (κ3) is 4.28. The topological polar surface area (TPSA) is 72.8 Å². The molecule has 0 heterocycles. The Morgan fingerprint density at radius 1 is 1.04 bits per heavy atom. The second-order valence-corrected chi connectivity index (χ2v) is 8.15. The number of ether oxygens (including phenoxy) is 2. The van der Waals surface area contributed by atoms with Crippen molar-refractivity contribution in [1.82, 2.24) is 0 Å². The molecule has 130 valence electrons. The molecule has 7 heteroatoms. The number of benzene rings is 2. The summed E-state index contributed by atoms with van der Waals surface area (Å²) in [6.45, 7) is -0.333. The summed E-state index contributed by atoms with van der Waals surface area (Å²) in [5, 5.41) is 9.41. The average Bonchev–Trinajstić information content (AvgIpc) is 2.59. The van der Waals surface area contributed by atoms with Crippen molar-refractivity contribution in [2.45, 2.75) is 17.9 Å². The molecule has 0 atom stereocenters. The minimum atomic E-state index is -3.53. The van der Waals surface area contributed by atoms with Crippen LogP contribution in [0.2, 0.25) is 0 Å². The third-order valence-electron chi connectivity index (χ3n) is 3.66. The molecule has 5 nitrogen and oxygen atoms in total. The summed E-state index contributed by atoms with van der Waals surface area (Å²) in [4.78, 5) is 0.153. The summed E-state index contributed by atoms with van der Waals surface area (Å²) in [7, 11) is -0.435. The third-order valence-corrected chi connectivity index (χ3v) is 5.97. The van der Waals surface area contributed by atoms with Crippen LogP contribution >= 0.6 is 15.9 Å². The van der Waals surface area contributed by atoms with Crippen LogP contribution in [0.25, 0.3) is 0 Å². The predicted octanol–water partition coefficient (Wildman–Crippen LogP) is 2.98. The molecule has 2 aromatic rings. The molecule has 0 radical (unpaired) electrons. The molecule has 1 N–H and O–H groups in total. The summed E-state index contributed by atoms with van der Waals surface area (Å²) in [5.41, 5.74) is 1.16. The summed E-state index contributed by atoms with van der Waals surface area (Å²) in [6, 6.07) is 10.1. The Bertz CT molecular complexity index is 818. The zero-order valence-corrected chi connectivity index (χ0v) is 15.9. The lowest BCUT2D eigenvalue weighted by atomic mass is 10.1. The molecule has 0 spiro atoms. The van der Waals surface area contributed by atoms with E-state index in [1.807, 2.05) is 0 Å². The van der Waals surface area contributed by atoms with E-state index in [2.05, 4.69) is 15.9 Å². The molecule has 2 aromatic carbocycles. The van der Waals surface area contributed by atoms with E-state index in [9.17, 15) is 13.5 Å². The van der Waals surface area contributed by atoms with Crippen LogP contribution in [0.3, 0.4) is 0 Å². The van der Waals surface area contributed by atoms with E-state index >= 15 is 0 Å². The molecule has 0 amide bonds. The number of rotatable bonds is 7. The quantitative estimate of drug-likeness (QED) is 0.753. The Labute approximate surface area is 150 Å². The van der Waals surface area contributed by atoms with Crippen molar-refractivity contribution in [2.75, 3.05) is 20.0 Å². The monoisotopic (exact) mass is 414 g/mol. The Hall–Kier alpha value is -1.57. The molecule has 0 aliphatic rings. The van der Waals surface area contributed by atoms with E-state index in [-0.39, 0.29) is 17.3 Å². The van der Waals surface area contributed by atoms with Crippen molar-refractivity contribution in [3.63, 3.8) is 0 Å². The first-order valence-corrected chi connectivity index (χ1v) is 9.68. The Kier molecular flexibility index (Phi) is 6.26. The van der Waals surface area contributed by atoms with Gasteiger partial charge in [0.05, 0.1) is 31.5 Å². The Morgan fingerprint density at radius 2 is 1.79 bits per heavy atom. The predicted molar refractivity (Wildman–Crippen MR) is 95.4 cm³/mol. The summed E-state index contributed by atoms with van der Waals surface area (Å²) in [5.74, 6) is 1.15. The van der Waals surface area contributed by atoms with Gasteiger partial charge in [0, 0.05) is 10.5 Å². The zero-order chi connectivity index (χ0) is 17.7. The zero-order valence-electron chi connectivity index (χ0n) is 13.5. The number of aryl methyl sites for hydroxylation is 1. The fourth-order valence-corrected chi connectivity index (χ4v) is 4.30. The van der Waals surface area contributed by atoms with Crippen LogP contribution in [-0.2, 0) is 22.9 Å². The van der Waals surface area contributed by atoms with Gasteiger partial charge in [0.15, 0.2) is 9.84 Å². The molecule has 0 bridgehead atoms. The van der Waals surface area contributed by atoms with Gasteiger partial charge < -0.3 is 14.6 Å². The number of hydrogen-bond donors (Lipinski definition) is 1. The summed E-state index contributed by atoms with van der Waals surface area (Å²) < 4.78 is 36.4. The lowest BCUT2D eigenvalue weighted by Crippen LogP contribution is -2.12. The highest BCUT2D eigenvalue weighted by Gasteiger charge is 2.19. The van der Waals surface area contributed by atoms with Gasteiger partial charge in [0.25, 0.3) is 0 Å². The van der Waals surface area contributed by atoms with Gasteiger partial charge in [-0.05, 0) is 41.8 Å². The van der Waals surface area contributed by atoms with Crippen molar-refractivity contribution in [3.05, 3.63) is 52.0 Å². The first kappa shape index (κ1) is 18.8. The first-order chi connectivity index (χ1) is 11.4. The first-order valence-electron chi connectivity index (χ1n) is 7.24. The standard InChI is InChI=1S/C17H19BrO5S/c1-22-15-5-3-12(16(10-15)23-2)7-8-24(20,21)17-6-4-14(18)9-13(17)11-19/h3-6,9-10,19H,7-8,11H2,1-2H3. The van der Waals surface area contributed by atoms with Gasteiger partial charge in [-0.2, -0.15) is 0 Å². The van der Waals surface area contributed by atoms with Crippen molar-refractivity contribution in [1.29, 1.82) is 0 Å². The number of sulfone groups is 1. The van der Waals surface area contributed by atoms with E-state index < -0.39 is 9.84 Å². The molecule has 0 saturated heterocycles. The van der Waals surface area contributed by atoms with Crippen molar-refractivity contribution >= 4 is 25.8 Å². The smallest absolute Gasteiger partial charge is 0.179 e. The largest absolute Gasteiger partial charge is 0.497 e. The number of methoxy groups -OCH3 is 2. The second-order valence-electron chi connectivity index (χ2n) is 5.16. The fraction of sp³-hybridized carbons (Fsp3) is 0.294. The van der Waals surface area contributed by atoms with Crippen LogP contribution in [0.15, 0.2) is 45.8 Å². The maximum atomic E-state index is 12.6. The lowest BCUT2D eigenvalue weighted by Gasteiger charge is -2.12. The van der Waals surface area contributed by atoms with E-state index in [4.69, 9.17) is 9.47 Å². The van der Waals surface area contributed by atoms with Crippen molar-refractivity contribution in [2.24, 2.45) is 0 Å². The van der Waals surface area contributed by atoms with Gasteiger partial charge in [-0.3, -0.25) is 0 Å². The molecule has 0 unspecified atom stereocenters. The molecule has 0 aliphatic carbocycles. The normalized spacial score (nSPS) is 11.3. The van der Waals surface area contributed by atoms with Gasteiger partial charge in [-0.25, -0.2) is 8.42 Å². The lowest BCUT2D eigenvalue weighted by molar-refractivity contribution is 0.278. The van der Waals surface area contributed by atoms with Crippen LogP contribution in [0.5, 0.6) is 11.5 Å². The molecule has 0 aromatic heterocycles. The maximum Gasteiger partial charge on any atom is 0.179 e. The fourth-order valence-electron chi connectivity index (χ4n) is 2.39. The van der Waals surface area contributed by atoms with Gasteiger partial charge >= 0.3 is 0 Å². The highest BCUT2D eigenvalue weighted by Crippen LogP contribution is 2.27. The summed E-state index contributed by atoms with van der Waals surface area (Å²) in [6.07, 6.45) is 0.302. The second kappa shape index (κ2) is 8.00. The number of halogens is 1. The summed E-state index contributed by atoms with van der Waals surface area (Å²) >= 11 is 3.28. The van der Waals surface area contributed by atoms with Gasteiger partial charge in [0.1, 0.15) is 11.5 Å². The number of aliphatic hydroxyl groups excluding tert-OH is 1. The molecule has 2 rings (SSSR count). The van der Waals surface area contributed by atoms with Crippen molar-refractivity contribution < 1.29 is 23.0 Å². The maximum absolute atomic E-state index is 12.6. The van der Waals surface area contributed by atoms with Crippen LogP contribution in [0.1, 0.15) is 11.1 Å². The SMILES string of the molecule is COc1ccc(CCS(=O)(=O)c2ccc(Br)cc2CO)c(OC)c1. The average molecular weight is 415 g/mol. The van der Waals surface area contributed by atoms with E-state index in [1.54, 1.807) is 37.4 Å². The van der Waals surface area contributed by atoms with E-state index in [0.717, 1.165) is 10.0 Å². The molecular weight excluding hydrogens is 396 g/mol. The molecule has 0 aliphatic heterocycles. The number of hydrogen-bond acceptors (Lipinski definition) is 5. The Morgan fingerprint density at radius 3 is 2.42 bits per heavy atom. The van der Waals surface area contributed by atoms with Crippen LogP contribution in [-0.4, -0.2) is 33.5 Å². The molecular formula is C17H19BrO5S. The van der Waals surface area contributed by atoms with Crippen molar-refractivity contribution in [3.8, 4) is 11.5 Å². The minimum absolute atomic E-state index is 0.0790. The van der Waals surface area contributed by atoms with Gasteiger partial charge in [-0.1, -0.05) is 22.0 Å².